The van der Waals surface area contributed by atoms with Crippen molar-refractivity contribution < 1.29 is 19.4 Å². The molecule has 1 N–H and O–H groups in total. The number of rotatable bonds is 5. The van der Waals surface area contributed by atoms with Crippen LogP contribution in [0.3, 0.4) is 0 Å². The van der Waals surface area contributed by atoms with Crippen LogP contribution in [-0.2, 0) is 11.2 Å². The Hall–Kier alpha value is -1.97. The first kappa shape index (κ1) is 11.5. The molecule has 1 atom stereocenters. The number of hydrogen-bond donors (Lipinski definition) is 1. The number of carboxylic acid groups (broad SMARTS) is 1. The van der Waals surface area contributed by atoms with Crippen LogP contribution in [0.1, 0.15) is 12.0 Å². The van der Waals surface area contributed by atoms with Gasteiger partial charge in [-0.2, -0.15) is 0 Å². The van der Waals surface area contributed by atoms with Crippen molar-refractivity contribution in [2.45, 2.75) is 12.8 Å². The van der Waals surface area contributed by atoms with Crippen LogP contribution in [0.25, 0.3) is 0 Å². The van der Waals surface area contributed by atoms with Gasteiger partial charge in [0.25, 0.3) is 0 Å². The molecule has 0 radical (unpaired) electrons. The lowest BCUT2D eigenvalue weighted by molar-refractivity contribution is -0.141. The Kier molecular flexibility index (Phi) is 3.32. The molecule has 0 bridgehead atoms. The van der Waals surface area contributed by atoms with Crippen LogP contribution in [0.4, 0.5) is 0 Å². The number of allylic oxidation sites excluding steroid dienone is 1. The van der Waals surface area contributed by atoms with Gasteiger partial charge >= 0.3 is 5.97 Å². The zero-order valence-electron chi connectivity index (χ0n) is 9.39. The number of hydrogen-bond acceptors (Lipinski definition) is 3. The molecule has 0 saturated carbocycles. The fraction of sp³-hybridized carbons (Fsp3) is 0.308. The summed E-state index contributed by atoms with van der Waals surface area (Å²) >= 11 is 0. The fourth-order valence-electron chi connectivity index (χ4n) is 1.83. The van der Waals surface area contributed by atoms with Crippen LogP contribution in [-0.4, -0.2) is 17.9 Å². The predicted molar refractivity (Wildman–Crippen MR) is 62.2 cm³/mol. The molecule has 0 amide bonds. The molecule has 0 spiro atoms. The smallest absolute Gasteiger partial charge is 0.307 e. The molecule has 0 aromatic heterocycles. The van der Waals surface area contributed by atoms with Crippen molar-refractivity contribution >= 4 is 5.97 Å². The van der Waals surface area contributed by atoms with E-state index in [1.807, 2.05) is 18.2 Å². The lowest BCUT2D eigenvalue weighted by atomic mass is 9.96. The molecule has 4 nitrogen and oxygen atoms in total. The summed E-state index contributed by atoms with van der Waals surface area (Å²) in [6.45, 7) is 3.80. The van der Waals surface area contributed by atoms with E-state index < -0.39 is 11.9 Å². The van der Waals surface area contributed by atoms with Crippen molar-refractivity contribution in [1.82, 2.24) is 0 Å². The molecule has 4 heteroatoms. The average molecular weight is 234 g/mol. The first-order chi connectivity index (χ1) is 8.20. The van der Waals surface area contributed by atoms with Gasteiger partial charge in [0.15, 0.2) is 11.5 Å². The number of ether oxygens (including phenoxy) is 2. The standard InChI is InChI=1S/C13H14O4/c1-2-3-10(13(14)15)6-9-4-5-11-12(7-9)17-8-16-11/h2,4-5,7,10H,1,3,6,8H2,(H,14,15)/t10-/m1/s1. The molecule has 1 aromatic rings. The summed E-state index contributed by atoms with van der Waals surface area (Å²) in [4.78, 5) is 11.0. The van der Waals surface area contributed by atoms with Crippen LogP contribution in [0.5, 0.6) is 11.5 Å². The summed E-state index contributed by atoms with van der Waals surface area (Å²) in [7, 11) is 0. The van der Waals surface area contributed by atoms with E-state index >= 15 is 0 Å². The molecule has 0 unspecified atom stereocenters. The minimum Gasteiger partial charge on any atom is -0.481 e. The largest absolute Gasteiger partial charge is 0.481 e. The molecule has 0 saturated heterocycles. The molecule has 1 heterocycles. The van der Waals surface area contributed by atoms with Gasteiger partial charge in [-0.1, -0.05) is 12.1 Å². The maximum atomic E-state index is 11.0. The summed E-state index contributed by atoms with van der Waals surface area (Å²) in [6.07, 6.45) is 2.56. The highest BCUT2D eigenvalue weighted by Crippen LogP contribution is 2.33. The van der Waals surface area contributed by atoms with Crippen molar-refractivity contribution in [2.24, 2.45) is 5.92 Å². The Morgan fingerprint density at radius 1 is 1.47 bits per heavy atom. The molecule has 0 aliphatic carbocycles. The van der Waals surface area contributed by atoms with Gasteiger partial charge in [0.2, 0.25) is 6.79 Å². The van der Waals surface area contributed by atoms with Gasteiger partial charge in [0.05, 0.1) is 5.92 Å². The van der Waals surface area contributed by atoms with Gasteiger partial charge in [-0.05, 0) is 30.5 Å². The van der Waals surface area contributed by atoms with Crippen molar-refractivity contribution in [2.75, 3.05) is 6.79 Å². The number of aliphatic carboxylic acids is 1. The molecule has 0 fully saturated rings. The summed E-state index contributed by atoms with van der Waals surface area (Å²) in [5.41, 5.74) is 0.934. The Balaban J connectivity index is 2.12. The van der Waals surface area contributed by atoms with E-state index in [0.717, 1.165) is 5.56 Å². The van der Waals surface area contributed by atoms with Gasteiger partial charge in [0, 0.05) is 0 Å². The second-order valence-corrected chi connectivity index (χ2v) is 3.95. The number of fused-ring (bicyclic) bond motifs is 1. The predicted octanol–water partition coefficient (Wildman–Crippen LogP) is 2.23. The number of benzene rings is 1. The van der Waals surface area contributed by atoms with Gasteiger partial charge < -0.3 is 14.6 Å². The second kappa shape index (κ2) is 4.91. The normalized spacial score (nSPS) is 14.4. The third-order valence-electron chi connectivity index (χ3n) is 2.72. The number of carbonyl (C=O) groups is 1. The molecular formula is C13H14O4. The van der Waals surface area contributed by atoms with E-state index in [9.17, 15) is 4.79 Å². The Labute approximate surface area is 99.5 Å². The van der Waals surface area contributed by atoms with Crippen molar-refractivity contribution in [3.05, 3.63) is 36.4 Å². The third-order valence-corrected chi connectivity index (χ3v) is 2.72. The second-order valence-electron chi connectivity index (χ2n) is 3.95. The fourth-order valence-corrected chi connectivity index (χ4v) is 1.83. The zero-order valence-corrected chi connectivity index (χ0v) is 9.39. The maximum absolute atomic E-state index is 11.0. The molecule has 17 heavy (non-hydrogen) atoms. The highest BCUT2D eigenvalue weighted by atomic mass is 16.7. The lowest BCUT2D eigenvalue weighted by Crippen LogP contribution is -2.15. The van der Waals surface area contributed by atoms with E-state index in [0.29, 0.717) is 24.3 Å². The van der Waals surface area contributed by atoms with Crippen molar-refractivity contribution in [3.8, 4) is 11.5 Å². The van der Waals surface area contributed by atoms with E-state index in [-0.39, 0.29) is 6.79 Å². The first-order valence-electron chi connectivity index (χ1n) is 5.43. The quantitative estimate of drug-likeness (QED) is 0.794. The Morgan fingerprint density at radius 2 is 2.24 bits per heavy atom. The van der Waals surface area contributed by atoms with Crippen LogP contribution >= 0.6 is 0 Å². The SMILES string of the molecule is C=CC[C@H](Cc1ccc2c(c1)OCO2)C(=O)O. The van der Waals surface area contributed by atoms with Gasteiger partial charge in [0.1, 0.15) is 0 Å². The lowest BCUT2D eigenvalue weighted by Gasteiger charge is -2.10. The maximum Gasteiger partial charge on any atom is 0.307 e. The first-order valence-corrected chi connectivity index (χ1v) is 5.43. The monoisotopic (exact) mass is 234 g/mol. The van der Waals surface area contributed by atoms with Crippen LogP contribution < -0.4 is 9.47 Å². The minimum atomic E-state index is -0.803. The van der Waals surface area contributed by atoms with Gasteiger partial charge in [-0.25, -0.2) is 0 Å². The molecular weight excluding hydrogens is 220 g/mol. The zero-order chi connectivity index (χ0) is 12.3. The molecule has 1 aliphatic heterocycles. The van der Waals surface area contributed by atoms with Crippen molar-refractivity contribution in [3.63, 3.8) is 0 Å². The highest BCUT2D eigenvalue weighted by molar-refractivity contribution is 5.70. The van der Waals surface area contributed by atoms with E-state index in [1.165, 1.54) is 0 Å². The van der Waals surface area contributed by atoms with Crippen LogP contribution in [0, 0.1) is 5.92 Å². The van der Waals surface area contributed by atoms with Crippen LogP contribution in [0.15, 0.2) is 30.9 Å². The van der Waals surface area contributed by atoms with Gasteiger partial charge in [-0.3, -0.25) is 4.79 Å². The Morgan fingerprint density at radius 3 is 2.94 bits per heavy atom. The van der Waals surface area contributed by atoms with E-state index in [1.54, 1.807) is 6.08 Å². The summed E-state index contributed by atoms with van der Waals surface area (Å²) < 4.78 is 10.4. The molecule has 90 valence electrons. The Bertz CT molecular complexity index is 439. The van der Waals surface area contributed by atoms with E-state index in [4.69, 9.17) is 14.6 Å². The molecule has 1 aliphatic rings. The number of carboxylic acids is 1. The topological polar surface area (TPSA) is 55.8 Å². The summed E-state index contributed by atoms with van der Waals surface area (Å²) in [5.74, 6) is 0.157. The average Bonchev–Trinajstić information content (AvgIpc) is 2.75. The summed E-state index contributed by atoms with van der Waals surface area (Å²) in [6, 6.07) is 5.51. The third kappa shape index (κ3) is 2.58. The highest BCUT2D eigenvalue weighted by Gasteiger charge is 2.19. The van der Waals surface area contributed by atoms with E-state index in [2.05, 4.69) is 6.58 Å². The summed E-state index contributed by atoms with van der Waals surface area (Å²) in [5, 5.41) is 9.06. The van der Waals surface area contributed by atoms with Gasteiger partial charge in [-0.15, -0.1) is 6.58 Å². The van der Waals surface area contributed by atoms with Crippen LogP contribution in [0.2, 0.25) is 0 Å². The minimum absolute atomic E-state index is 0.230. The molecule has 2 rings (SSSR count). The van der Waals surface area contributed by atoms with Crippen molar-refractivity contribution in [1.29, 1.82) is 0 Å². The molecule has 1 aromatic carbocycles.